The summed E-state index contributed by atoms with van der Waals surface area (Å²) in [4.78, 5) is 23.6. The second-order valence-electron chi connectivity index (χ2n) is 4.71. The minimum atomic E-state index is -1.11. The monoisotopic (exact) mass is 296 g/mol. The zero-order valence-electron chi connectivity index (χ0n) is 12.4. The number of nitro benzene ring substituents is 1. The first-order chi connectivity index (χ1) is 9.92. The molecule has 1 unspecified atom stereocenters. The number of ether oxygens (including phenoxy) is 1. The quantitative estimate of drug-likeness (QED) is 0.585. The maximum Gasteiger partial charge on any atom is 0.337 e. The lowest BCUT2D eigenvalue weighted by atomic mass is 10.1. The maximum atomic E-state index is 11.4. The molecule has 0 aromatic heterocycles. The van der Waals surface area contributed by atoms with Gasteiger partial charge in [0.15, 0.2) is 0 Å². The number of carboxylic acids is 1. The molecule has 0 amide bonds. The van der Waals surface area contributed by atoms with Gasteiger partial charge in [-0.15, -0.1) is 0 Å². The number of nitrogens with zero attached hydrogens (tertiary/aromatic N) is 2. The van der Waals surface area contributed by atoms with Crippen molar-refractivity contribution in [3.05, 3.63) is 33.9 Å². The van der Waals surface area contributed by atoms with Gasteiger partial charge in [0.25, 0.3) is 5.69 Å². The Labute approximate surface area is 123 Å². The number of carbonyl (C=O) groups is 1. The average Bonchev–Trinajstić information content (AvgIpc) is 2.46. The summed E-state index contributed by atoms with van der Waals surface area (Å²) >= 11 is 0. The molecular formula is C14H20N2O5. The number of methoxy groups -OCH3 is 1. The van der Waals surface area contributed by atoms with Crippen molar-refractivity contribution < 1.29 is 19.6 Å². The first kappa shape index (κ1) is 16.9. The Kier molecular flexibility index (Phi) is 6.10. The van der Waals surface area contributed by atoms with Crippen LogP contribution in [0.15, 0.2) is 18.2 Å². The molecule has 116 valence electrons. The molecule has 0 aliphatic heterocycles. The first-order valence-electron chi connectivity index (χ1n) is 6.69. The molecule has 0 spiro atoms. The molecule has 0 radical (unpaired) electrons. The van der Waals surface area contributed by atoms with Gasteiger partial charge in [-0.3, -0.25) is 10.1 Å². The summed E-state index contributed by atoms with van der Waals surface area (Å²) in [5.41, 5.74) is 0.279. The highest BCUT2D eigenvalue weighted by Crippen LogP contribution is 2.28. The average molecular weight is 296 g/mol. The van der Waals surface area contributed by atoms with E-state index in [1.165, 1.54) is 18.2 Å². The summed E-state index contributed by atoms with van der Waals surface area (Å²) in [6.07, 6.45) is 0.783. The number of nitro groups is 1. The molecule has 0 aliphatic carbocycles. The van der Waals surface area contributed by atoms with E-state index < -0.39 is 10.9 Å². The van der Waals surface area contributed by atoms with Crippen LogP contribution in [0, 0.1) is 10.1 Å². The molecule has 1 aromatic rings. The minimum Gasteiger partial charge on any atom is -0.478 e. The fourth-order valence-electron chi connectivity index (χ4n) is 2.04. The van der Waals surface area contributed by atoms with Gasteiger partial charge >= 0.3 is 5.97 Å². The van der Waals surface area contributed by atoms with E-state index >= 15 is 0 Å². The van der Waals surface area contributed by atoms with Crippen LogP contribution in [0.2, 0.25) is 0 Å². The van der Waals surface area contributed by atoms with Crippen LogP contribution in [0.4, 0.5) is 11.4 Å². The lowest BCUT2D eigenvalue weighted by Gasteiger charge is -2.31. The largest absolute Gasteiger partial charge is 0.478 e. The van der Waals surface area contributed by atoms with E-state index in [9.17, 15) is 20.0 Å². The number of anilines is 1. The van der Waals surface area contributed by atoms with Crippen molar-refractivity contribution in [1.29, 1.82) is 0 Å². The standard InChI is InChI=1S/C14H20N2O5/c1-4-10(2)15(7-8-21-3)13-9-11(16(19)20)5-6-12(13)14(17)18/h5-6,9-10H,4,7-8H2,1-3H3,(H,17,18). The molecule has 0 saturated carbocycles. The number of hydrogen-bond acceptors (Lipinski definition) is 5. The maximum absolute atomic E-state index is 11.4. The normalized spacial score (nSPS) is 12.0. The van der Waals surface area contributed by atoms with Crippen LogP contribution in [-0.4, -0.2) is 42.3 Å². The second-order valence-corrected chi connectivity index (χ2v) is 4.71. The van der Waals surface area contributed by atoms with Gasteiger partial charge in [0.1, 0.15) is 0 Å². The van der Waals surface area contributed by atoms with Gasteiger partial charge in [-0.1, -0.05) is 6.92 Å². The minimum absolute atomic E-state index is 0.0419. The molecule has 0 bridgehead atoms. The van der Waals surface area contributed by atoms with E-state index in [1.54, 1.807) is 7.11 Å². The smallest absolute Gasteiger partial charge is 0.337 e. The van der Waals surface area contributed by atoms with Crippen LogP contribution in [0.1, 0.15) is 30.6 Å². The van der Waals surface area contributed by atoms with E-state index in [-0.39, 0.29) is 17.3 Å². The SMILES string of the molecule is CCC(C)N(CCOC)c1cc([N+](=O)[O-])ccc1C(=O)O. The zero-order valence-corrected chi connectivity index (χ0v) is 12.4. The van der Waals surface area contributed by atoms with Crippen molar-refractivity contribution in [2.75, 3.05) is 25.2 Å². The lowest BCUT2D eigenvalue weighted by Crippen LogP contribution is -2.36. The third-order valence-corrected chi connectivity index (χ3v) is 3.39. The Bertz CT molecular complexity index is 518. The van der Waals surface area contributed by atoms with Crippen LogP contribution in [0.25, 0.3) is 0 Å². The van der Waals surface area contributed by atoms with E-state index in [4.69, 9.17) is 4.74 Å². The van der Waals surface area contributed by atoms with Crippen molar-refractivity contribution in [1.82, 2.24) is 0 Å². The Morgan fingerprint density at radius 1 is 1.52 bits per heavy atom. The molecule has 1 rings (SSSR count). The molecular weight excluding hydrogens is 276 g/mol. The van der Waals surface area contributed by atoms with Gasteiger partial charge in [0.2, 0.25) is 0 Å². The van der Waals surface area contributed by atoms with Crippen molar-refractivity contribution in [2.45, 2.75) is 26.3 Å². The van der Waals surface area contributed by atoms with Gasteiger partial charge in [-0.05, 0) is 19.4 Å². The number of aromatic carboxylic acids is 1. The molecule has 0 fully saturated rings. The van der Waals surface area contributed by atoms with Gasteiger partial charge in [-0.2, -0.15) is 0 Å². The predicted octanol–water partition coefficient (Wildman–Crippen LogP) is 2.54. The molecule has 0 saturated heterocycles. The molecule has 1 aromatic carbocycles. The summed E-state index contributed by atoms with van der Waals surface area (Å²) < 4.78 is 5.04. The van der Waals surface area contributed by atoms with Crippen LogP contribution in [0.3, 0.4) is 0 Å². The highest BCUT2D eigenvalue weighted by molar-refractivity contribution is 5.95. The summed E-state index contributed by atoms with van der Waals surface area (Å²) in [5.74, 6) is -1.11. The summed E-state index contributed by atoms with van der Waals surface area (Å²) in [7, 11) is 1.56. The van der Waals surface area contributed by atoms with E-state index in [1.807, 2.05) is 18.7 Å². The Hall–Kier alpha value is -2.15. The van der Waals surface area contributed by atoms with Crippen molar-refractivity contribution in [3.8, 4) is 0 Å². The summed E-state index contributed by atoms with van der Waals surface area (Å²) in [6.45, 7) is 4.79. The van der Waals surface area contributed by atoms with Gasteiger partial charge in [0.05, 0.1) is 22.8 Å². The topological polar surface area (TPSA) is 92.9 Å². The first-order valence-corrected chi connectivity index (χ1v) is 6.69. The van der Waals surface area contributed by atoms with Crippen LogP contribution < -0.4 is 4.90 Å². The van der Waals surface area contributed by atoms with E-state index in [2.05, 4.69) is 0 Å². The molecule has 0 heterocycles. The highest BCUT2D eigenvalue weighted by Gasteiger charge is 2.22. The fraction of sp³-hybridized carbons (Fsp3) is 0.500. The fourth-order valence-corrected chi connectivity index (χ4v) is 2.04. The van der Waals surface area contributed by atoms with Gasteiger partial charge in [-0.25, -0.2) is 4.79 Å². The Morgan fingerprint density at radius 2 is 2.19 bits per heavy atom. The second kappa shape index (κ2) is 7.58. The zero-order chi connectivity index (χ0) is 16.0. The molecule has 7 heteroatoms. The van der Waals surface area contributed by atoms with Crippen molar-refractivity contribution >= 4 is 17.3 Å². The number of non-ortho nitro benzene ring substituents is 1. The van der Waals surface area contributed by atoms with Crippen molar-refractivity contribution in [3.63, 3.8) is 0 Å². The summed E-state index contributed by atoms with van der Waals surface area (Å²) in [5, 5.41) is 20.2. The number of carboxylic acid groups (broad SMARTS) is 1. The van der Waals surface area contributed by atoms with Gasteiger partial charge < -0.3 is 14.7 Å². The van der Waals surface area contributed by atoms with Crippen molar-refractivity contribution in [2.24, 2.45) is 0 Å². The number of benzene rings is 1. The van der Waals surface area contributed by atoms with E-state index in [0.29, 0.717) is 18.8 Å². The summed E-state index contributed by atoms with van der Waals surface area (Å²) in [6, 6.07) is 3.83. The Morgan fingerprint density at radius 3 is 2.67 bits per heavy atom. The molecule has 0 aliphatic rings. The molecule has 1 N–H and O–H groups in total. The number of rotatable bonds is 8. The highest BCUT2D eigenvalue weighted by atomic mass is 16.6. The van der Waals surface area contributed by atoms with E-state index in [0.717, 1.165) is 6.42 Å². The molecule has 1 atom stereocenters. The molecule has 7 nitrogen and oxygen atoms in total. The van der Waals surface area contributed by atoms with Gasteiger partial charge in [0, 0.05) is 31.8 Å². The Balaban J connectivity index is 3.33. The molecule has 21 heavy (non-hydrogen) atoms. The lowest BCUT2D eigenvalue weighted by molar-refractivity contribution is -0.384. The number of hydrogen-bond donors (Lipinski definition) is 1. The van der Waals surface area contributed by atoms with Crippen LogP contribution in [0.5, 0.6) is 0 Å². The van der Waals surface area contributed by atoms with Crippen LogP contribution in [-0.2, 0) is 4.74 Å². The third-order valence-electron chi connectivity index (χ3n) is 3.39. The predicted molar refractivity (Wildman–Crippen MR) is 79.0 cm³/mol. The third kappa shape index (κ3) is 4.16. The van der Waals surface area contributed by atoms with Crippen LogP contribution >= 0.6 is 0 Å².